The smallest absolute Gasteiger partial charge is 0.320 e. The second kappa shape index (κ2) is 14.9. The Kier molecular flexibility index (Phi) is 12.3. The zero-order chi connectivity index (χ0) is 26.6. The molecular formula is C25H43N7O3S. The van der Waals surface area contributed by atoms with E-state index >= 15 is 0 Å². The monoisotopic (exact) mass is 521 g/mol. The number of hydrogen-bond donors (Lipinski definition) is 2. The molecule has 0 saturated heterocycles. The van der Waals surface area contributed by atoms with Gasteiger partial charge in [-0.15, -0.1) is 0 Å². The van der Waals surface area contributed by atoms with Gasteiger partial charge in [0.25, 0.3) is 0 Å². The lowest BCUT2D eigenvalue weighted by Gasteiger charge is -2.25. The summed E-state index contributed by atoms with van der Waals surface area (Å²) in [6.45, 7) is 12.1. The molecule has 1 atom stereocenters. The maximum Gasteiger partial charge on any atom is 0.320 e. The largest absolute Gasteiger partial charge is 0.325 e. The molecule has 11 heteroatoms. The quantitative estimate of drug-likeness (QED) is 0.351. The summed E-state index contributed by atoms with van der Waals surface area (Å²) in [5.74, 6) is 0.944. The van der Waals surface area contributed by atoms with Crippen molar-refractivity contribution in [2.24, 2.45) is 0 Å². The number of rotatable bonds is 16. The molecule has 0 aliphatic carbocycles. The summed E-state index contributed by atoms with van der Waals surface area (Å²) in [4.78, 5) is 22.7. The van der Waals surface area contributed by atoms with E-state index in [-0.39, 0.29) is 18.3 Å². The van der Waals surface area contributed by atoms with Gasteiger partial charge in [0.15, 0.2) is 5.82 Å². The molecule has 2 rings (SSSR count). The SMILES string of the molecule is CCN(CC)CCCS(=O)(=O)N[C@H](CCc1ccccc1)c1n[nH]c(CN(C)C(=O)N(CC)CC)n1. The number of H-pyrrole nitrogens is 1. The molecule has 2 N–H and O–H groups in total. The van der Waals surface area contributed by atoms with Crippen LogP contribution < -0.4 is 4.72 Å². The predicted octanol–water partition coefficient (Wildman–Crippen LogP) is 3.02. The third-order valence-corrected chi connectivity index (χ3v) is 7.75. The first-order valence-electron chi connectivity index (χ1n) is 12.9. The Bertz CT molecular complexity index is 1010. The van der Waals surface area contributed by atoms with Crippen LogP contribution in [0.3, 0.4) is 0 Å². The second-order valence-corrected chi connectivity index (χ2v) is 10.7. The molecule has 0 unspecified atom stereocenters. The summed E-state index contributed by atoms with van der Waals surface area (Å²) < 4.78 is 28.7. The first-order chi connectivity index (χ1) is 17.2. The highest BCUT2D eigenvalue weighted by Crippen LogP contribution is 2.18. The Hall–Kier alpha value is -2.50. The molecule has 0 radical (unpaired) electrons. The van der Waals surface area contributed by atoms with Gasteiger partial charge in [0.1, 0.15) is 5.82 Å². The summed E-state index contributed by atoms with van der Waals surface area (Å²) in [6.07, 6.45) is 1.75. The van der Waals surface area contributed by atoms with Crippen LogP contribution in [-0.2, 0) is 23.0 Å². The lowest BCUT2D eigenvalue weighted by atomic mass is 10.1. The fourth-order valence-electron chi connectivity index (χ4n) is 4.05. The molecule has 0 fully saturated rings. The molecule has 36 heavy (non-hydrogen) atoms. The molecule has 10 nitrogen and oxygen atoms in total. The molecular weight excluding hydrogens is 478 g/mol. The number of urea groups is 1. The van der Waals surface area contributed by atoms with Gasteiger partial charge in [-0.25, -0.2) is 22.9 Å². The Morgan fingerprint density at radius 1 is 1.06 bits per heavy atom. The number of aromatic amines is 1. The van der Waals surface area contributed by atoms with Crippen LogP contribution in [0.15, 0.2) is 30.3 Å². The van der Waals surface area contributed by atoms with Gasteiger partial charge in [-0.05, 0) is 58.3 Å². The van der Waals surface area contributed by atoms with Crippen LogP contribution in [0.5, 0.6) is 0 Å². The minimum absolute atomic E-state index is 0.0454. The molecule has 2 amide bonds. The Morgan fingerprint density at radius 2 is 1.72 bits per heavy atom. The second-order valence-electron chi connectivity index (χ2n) is 8.85. The van der Waals surface area contributed by atoms with Crippen molar-refractivity contribution in [3.05, 3.63) is 47.5 Å². The van der Waals surface area contributed by atoms with Crippen LogP contribution in [-0.4, -0.2) is 89.9 Å². The van der Waals surface area contributed by atoms with Crippen molar-refractivity contribution in [1.82, 2.24) is 34.6 Å². The van der Waals surface area contributed by atoms with Gasteiger partial charge in [0, 0.05) is 20.1 Å². The van der Waals surface area contributed by atoms with Gasteiger partial charge in [-0.2, -0.15) is 5.10 Å². The molecule has 1 aromatic heterocycles. The molecule has 2 aromatic rings. The van der Waals surface area contributed by atoms with Gasteiger partial charge >= 0.3 is 6.03 Å². The summed E-state index contributed by atoms with van der Waals surface area (Å²) in [6, 6.07) is 9.27. The third kappa shape index (κ3) is 9.51. The maximum absolute atomic E-state index is 12.9. The number of aromatic nitrogens is 3. The van der Waals surface area contributed by atoms with Gasteiger partial charge < -0.3 is 14.7 Å². The van der Waals surface area contributed by atoms with E-state index in [1.165, 1.54) is 0 Å². The number of benzene rings is 1. The van der Waals surface area contributed by atoms with Crippen LogP contribution >= 0.6 is 0 Å². The minimum Gasteiger partial charge on any atom is -0.325 e. The van der Waals surface area contributed by atoms with E-state index in [4.69, 9.17) is 0 Å². The fraction of sp³-hybridized carbons (Fsp3) is 0.640. The number of nitrogens with one attached hydrogen (secondary N) is 2. The van der Waals surface area contributed by atoms with Crippen LogP contribution in [0.2, 0.25) is 0 Å². The Balaban J connectivity index is 2.12. The van der Waals surface area contributed by atoms with Crippen LogP contribution in [0, 0.1) is 0 Å². The van der Waals surface area contributed by atoms with Crippen LogP contribution in [0.25, 0.3) is 0 Å². The highest BCUT2D eigenvalue weighted by Gasteiger charge is 2.24. The van der Waals surface area contributed by atoms with Crippen molar-refractivity contribution in [2.75, 3.05) is 45.5 Å². The van der Waals surface area contributed by atoms with E-state index in [1.807, 2.05) is 44.2 Å². The van der Waals surface area contributed by atoms with Crippen LogP contribution in [0.4, 0.5) is 4.79 Å². The molecule has 202 valence electrons. The van der Waals surface area contributed by atoms with Gasteiger partial charge in [-0.3, -0.25) is 5.10 Å². The maximum atomic E-state index is 12.9. The number of nitrogens with zero attached hydrogens (tertiary/aromatic N) is 5. The van der Waals surface area contributed by atoms with Crippen LogP contribution in [0.1, 0.15) is 63.8 Å². The molecule has 1 aromatic carbocycles. The minimum atomic E-state index is -3.53. The van der Waals surface area contributed by atoms with Gasteiger partial charge in [-0.1, -0.05) is 44.2 Å². The molecule has 0 aliphatic rings. The van der Waals surface area contributed by atoms with E-state index < -0.39 is 16.1 Å². The average Bonchev–Trinajstić information content (AvgIpc) is 3.34. The first-order valence-corrected chi connectivity index (χ1v) is 14.6. The zero-order valence-corrected chi connectivity index (χ0v) is 23.2. The van der Waals surface area contributed by atoms with Crippen molar-refractivity contribution >= 4 is 16.1 Å². The van der Waals surface area contributed by atoms with Crippen molar-refractivity contribution in [2.45, 2.75) is 59.5 Å². The van der Waals surface area contributed by atoms with Crippen molar-refractivity contribution in [3.8, 4) is 0 Å². The summed E-state index contributed by atoms with van der Waals surface area (Å²) in [5, 5.41) is 7.21. The van der Waals surface area contributed by atoms with E-state index in [0.717, 1.165) is 25.2 Å². The molecule has 1 heterocycles. The summed E-state index contributed by atoms with van der Waals surface area (Å²) >= 11 is 0. The first kappa shape index (κ1) is 29.7. The zero-order valence-electron chi connectivity index (χ0n) is 22.4. The van der Waals surface area contributed by atoms with Crippen molar-refractivity contribution in [3.63, 3.8) is 0 Å². The summed E-state index contributed by atoms with van der Waals surface area (Å²) in [7, 11) is -1.82. The normalized spacial score (nSPS) is 12.6. The fourth-order valence-corrected chi connectivity index (χ4v) is 5.34. The molecule has 0 aliphatic heterocycles. The summed E-state index contributed by atoms with van der Waals surface area (Å²) in [5.41, 5.74) is 1.11. The number of carbonyl (C=O) groups excluding carboxylic acids is 1. The molecule has 0 saturated carbocycles. The predicted molar refractivity (Wildman–Crippen MR) is 143 cm³/mol. The van der Waals surface area contributed by atoms with Gasteiger partial charge in [0.05, 0.1) is 18.3 Å². The third-order valence-electron chi connectivity index (χ3n) is 6.28. The number of hydrogen-bond acceptors (Lipinski definition) is 6. The lowest BCUT2D eigenvalue weighted by molar-refractivity contribution is 0.164. The average molecular weight is 522 g/mol. The van der Waals surface area contributed by atoms with E-state index in [1.54, 1.807) is 16.8 Å². The Labute approximate surface area is 216 Å². The highest BCUT2D eigenvalue weighted by molar-refractivity contribution is 7.89. The standard InChI is InChI=1S/C25H43N7O3S/c1-6-31(7-2)18-13-19-36(34,35)29-22(17-16-21-14-11-10-12-15-21)24-26-23(27-28-24)20-30(5)25(33)32(8-3)9-4/h10-12,14-15,22,29H,6-9,13,16-20H2,1-5H3,(H,26,27,28)/t22-/m1/s1. The lowest BCUT2D eigenvalue weighted by Crippen LogP contribution is -2.40. The van der Waals surface area contributed by atoms with E-state index in [2.05, 4.69) is 38.7 Å². The molecule has 0 spiro atoms. The Morgan fingerprint density at radius 3 is 2.33 bits per heavy atom. The number of sulfonamides is 1. The van der Waals surface area contributed by atoms with Crippen molar-refractivity contribution in [1.29, 1.82) is 0 Å². The number of carbonyl (C=O) groups is 1. The number of aryl methyl sites for hydroxylation is 1. The molecule has 0 bridgehead atoms. The highest BCUT2D eigenvalue weighted by atomic mass is 32.2. The van der Waals surface area contributed by atoms with Gasteiger partial charge in [0.2, 0.25) is 10.0 Å². The van der Waals surface area contributed by atoms with E-state index in [0.29, 0.717) is 44.0 Å². The number of amides is 2. The topological polar surface area (TPSA) is 115 Å². The van der Waals surface area contributed by atoms with E-state index in [9.17, 15) is 13.2 Å². The van der Waals surface area contributed by atoms with Crippen molar-refractivity contribution < 1.29 is 13.2 Å².